The van der Waals surface area contributed by atoms with Gasteiger partial charge < -0.3 is 4.18 Å². The largest absolute Gasteiger partial charge is 0.381 e. The predicted molar refractivity (Wildman–Crippen MR) is 63.2 cm³/mol. The zero-order valence-electron chi connectivity index (χ0n) is 9.11. The highest BCUT2D eigenvalue weighted by Crippen LogP contribution is 2.18. The molecule has 0 saturated carbocycles. The number of rotatable bonds is 5. The van der Waals surface area contributed by atoms with Gasteiger partial charge in [-0.05, 0) is 18.6 Å². The fraction of sp³-hybridized carbons (Fsp3) is 0.333. The summed E-state index contributed by atoms with van der Waals surface area (Å²) < 4.78 is 48.6. The van der Waals surface area contributed by atoms with E-state index in [0.29, 0.717) is 0 Å². The maximum absolute atomic E-state index is 11.7. The van der Waals surface area contributed by atoms with Crippen LogP contribution < -0.4 is 9.32 Å². The fourth-order valence-corrected chi connectivity index (χ4v) is 4.06. The van der Waals surface area contributed by atoms with Gasteiger partial charge in [-0.15, -0.1) is 0 Å². The molecule has 1 aromatic carbocycles. The van der Waals surface area contributed by atoms with Crippen LogP contribution in [0.3, 0.4) is 0 Å². The molecule has 0 fully saturated rings. The first-order valence-electron chi connectivity index (χ1n) is 4.77. The lowest BCUT2D eigenvalue weighted by molar-refractivity contribution is 0.478. The molecule has 0 aliphatic heterocycles. The Morgan fingerprint density at radius 2 is 1.71 bits per heavy atom. The molecule has 0 aromatic heterocycles. The van der Waals surface area contributed by atoms with Gasteiger partial charge in [0.15, 0.2) is 0 Å². The molecule has 8 heteroatoms. The van der Waals surface area contributed by atoms with Crippen LogP contribution in [0.2, 0.25) is 0 Å². The number of para-hydroxylation sites is 1. The zero-order chi connectivity index (χ0) is 13.1. The minimum absolute atomic E-state index is 0.0506. The van der Waals surface area contributed by atoms with Crippen LogP contribution in [0.15, 0.2) is 30.3 Å². The molecule has 1 aromatic rings. The summed E-state index contributed by atoms with van der Waals surface area (Å²) in [6.45, 7) is 1.40. The number of benzene rings is 1. The normalized spacial score (nSPS) is 14.2. The lowest BCUT2D eigenvalue weighted by atomic mass is 10.3. The first-order valence-corrected chi connectivity index (χ1v) is 7.85. The summed E-state index contributed by atoms with van der Waals surface area (Å²) in [4.78, 5) is 0. The molecule has 17 heavy (non-hydrogen) atoms. The van der Waals surface area contributed by atoms with E-state index in [1.807, 2.05) is 0 Å². The van der Waals surface area contributed by atoms with Gasteiger partial charge in [-0.1, -0.05) is 25.1 Å². The zero-order valence-corrected chi connectivity index (χ0v) is 10.7. The van der Waals surface area contributed by atoms with E-state index in [1.54, 1.807) is 18.2 Å². The highest BCUT2D eigenvalue weighted by atomic mass is 32.3. The van der Waals surface area contributed by atoms with Crippen molar-refractivity contribution < 1.29 is 21.0 Å². The van der Waals surface area contributed by atoms with E-state index in [1.165, 1.54) is 19.1 Å². The third-order valence-electron chi connectivity index (χ3n) is 1.98. The standard InChI is InChI=1S/C9H13NO5S2/c1-2-9(16(10,11)12)17(13,14)15-8-6-4-3-5-7-8/h3-7,9H,2H2,1H3,(H2,10,11,12). The quantitative estimate of drug-likeness (QED) is 0.787. The summed E-state index contributed by atoms with van der Waals surface area (Å²) in [6, 6.07) is 7.64. The van der Waals surface area contributed by atoms with Crippen LogP contribution in [0.4, 0.5) is 0 Å². The van der Waals surface area contributed by atoms with E-state index >= 15 is 0 Å². The number of hydrogen-bond donors (Lipinski definition) is 1. The molecule has 6 nitrogen and oxygen atoms in total. The summed E-state index contributed by atoms with van der Waals surface area (Å²) in [5.41, 5.74) is 0. The van der Waals surface area contributed by atoms with Crippen LogP contribution in [-0.4, -0.2) is 21.4 Å². The summed E-state index contributed by atoms with van der Waals surface area (Å²) in [6.07, 6.45) is -0.173. The number of nitrogens with two attached hydrogens (primary N) is 1. The van der Waals surface area contributed by atoms with E-state index in [9.17, 15) is 16.8 Å². The molecule has 0 aliphatic rings. The van der Waals surface area contributed by atoms with Gasteiger partial charge in [-0.2, -0.15) is 8.42 Å². The van der Waals surface area contributed by atoms with Crippen molar-refractivity contribution in [3.8, 4) is 5.75 Å². The van der Waals surface area contributed by atoms with Crippen molar-refractivity contribution in [2.24, 2.45) is 5.14 Å². The minimum atomic E-state index is -4.30. The van der Waals surface area contributed by atoms with Crippen molar-refractivity contribution in [2.45, 2.75) is 17.9 Å². The first-order chi connectivity index (χ1) is 7.77. The van der Waals surface area contributed by atoms with Gasteiger partial charge in [-0.3, -0.25) is 0 Å². The van der Waals surface area contributed by atoms with Gasteiger partial charge in [-0.25, -0.2) is 13.6 Å². The summed E-state index contributed by atoms with van der Waals surface area (Å²) >= 11 is 0. The van der Waals surface area contributed by atoms with Crippen LogP contribution in [-0.2, 0) is 20.1 Å². The smallest absolute Gasteiger partial charge is 0.328 e. The predicted octanol–water partition coefficient (Wildman–Crippen LogP) is 0.420. The molecule has 0 spiro atoms. The summed E-state index contributed by atoms with van der Waals surface area (Å²) in [7, 11) is -8.50. The van der Waals surface area contributed by atoms with Gasteiger partial charge in [0.1, 0.15) is 5.75 Å². The molecule has 0 radical (unpaired) electrons. The van der Waals surface area contributed by atoms with Gasteiger partial charge in [0, 0.05) is 0 Å². The van der Waals surface area contributed by atoms with Crippen molar-refractivity contribution in [1.82, 2.24) is 0 Å². The Kier molecular flexibility index (Phi) is 4.12. The Labute approximate surface area is 101 Å². The SMILES string of the molecule is CCC(S(N)(=O)=O)S(=O)(=O)Oc1ccccc1. The van der Waals surface area contributed by atoms with Crippen LogP contribution in [0.5, 0.6) is 5.75 Å². The van der Waals surface area contributed by atoms with Crippen LogP contribution >= 0.6 is 0 Å². The van der Waals surface area contributed by atoms with E-state index in [4.69, 9.17) is 9.32 Å². The number of sulfonamides is 1. The van der Waals surface area contributed by atoms with E-state index in [2.05, 4.69) is 0 Å². The highest BCUT2D eigenvalue weighted by molar-refractivity contribution is 8.06. The Hall–Kier alpha value is -1.12. The third-order valence-corrected chi connectivity index (χ3v) is 5.96. The topological polar surface area (TPSA) is 104 Å². The maximum atomic E-state index is 11.7. The average molecular weight is 279 g/mol. The second-order valence-electron chi connectivity index (χ2n) is 3.32. The van der Waals surface area contributed by atoms with Gasteiger partial charge in [0.25, 0.3) is 0 Å². The first kappa shape index (κ1) is 13.9. The van der Waals surface area contributed by atoms with Crippen LogP contribution in [0, 0.1) is 0 Å². The molecule has 1 unspecified atom stereocenters. The van der Waals surface area contributed by atoms with Crippen molar-refractivity contribution in [3.63, 3.8) is 0 Å². The Morgan fingerprint density at radius 1 is 1.18 bits per heavy atom. The fourth-order valence-electron chi connectivity index (χ4n) is 1.26. The molecule has 1 rings (SSSR count). The Bertz CT molecular complexity index is 565. The summed E-state index contributed by atoms with van der Waals surface area (Å²) in [5.74, 6) is 0.0506. The Balaban J connectivity index is 3.04. The lowest BCUT2D eigenvalue weighted by Crippen LogP contribution is -2.37. The molecule has 2 N–H and O–H groups in total. The highest BCUT2D eigenvalue weighted by Gasteiger charge is 2.35. The van der Waals surface area contributed by atoms with E-state index in [0.717, 1.165) is 0 Å². The van der Waals surface area contributed by atoms with Gasteiger partial charge >= 0.3 is 10.1 Å². The monoisotopic (exact) mass is 279 g/mol. The second-order valence-corrected chi connectivity index (χ2v) is 7.08. The molecule has 0 aliphatic carbocycles. The number of hydrogen-bond acceptors (Lipinski definition) is 5. The van der Waals surface area contributed by atoms with Crippen LogP contribution in [0.1, 0.15) is 13.3 Å². The Morgan fingerprint density at radius 3 is 2.12 bits per heavy atom. The third kappa shape index (κ3) is 3.69. The second kappa shape index (κ2) is 5.03. The van der Waals surface area contributed by atoms with Crippen LogP contribution in [0.25, 0.3) is 0 Å². The van der Waals surface area contributed by atoms with Crippen molar-refractivity contribution in [1.29, 1.82) is 0 Å². The molecular formula is C9H13NO5S2. The molecular weight excluding hydrogens is 266 g/mol. The van der Waals surface area contributed by atoms with Gasteiger partial charge in [0.2, 0.25) is 14.6 Å². The molecule has 0 bridgehead atoms. The molecule has 1 atom stereocenters. The number of primary sulfonamides is 1. The molecule has 0 heterocycles. The van der Waals surface area contributed by atoms with E-state index in [-0.39, 0.29) is 12.2 Å². The van der Waals surface area contributed by atoms with E-state index < -0.39 is 24.7 Å². The van der Waals surface area contributed by atoms with Gasteiger partial charge in [0.05, 0.1) is 0 Å². The molecule has 0 amide bonds. The molecule has 96 valence electrons. The lowest BCUT2D eigenvalue weighted by Gasteiger charge is -2.13. The molecule has 0 saturated heterocycles. The maximum Gasteiger partial charge on any atom is 0.328 e. The van der Waals surface area contributed by atoms with Crippen molar-refractivity contribution >= 4 is 20.1 Å². The average Bonchev–Trinajstić information content (AvgIpc) is 2.16. The minimum Gasteiger partial charge on any atom is -0.381 e. The van der Waals surface area contributed by atoms with Crippen molar-refractivity contribution in [2.75, 3.05) is 0 Å². The van der Waals surface area contributed by atoms with Crippen molar-refractivity contribution in [3.05, 3.63) is 30.3 Å². The summed E-state index contributed by atoms with van der Waals surface area (Å²) in [5, 5.41) is 4.84.